The Morgan fingerprint density at radius 1 is 1.42 bits per heavy atom. The number of hydrogen-bond acceptors (Lipinski definition) is 4. The lowest BCUT2D eigenvalue weighted by Gasteiger charge is -2.04. The molecule has 4 nitrogen and oxygen atoms in total. The van der Waals surface area contributed by atoms with Crippen molar-refractivity contribution in [2.75, 3.05) is 7.11 Å². The highest BCUT2D eigenvalue weighted by Crippen LogP contribution is 2.21. The molecule has 0 radical (unpaired) electrons. The average Bonchev–Trinajstić information content (AvgIpc) is 2.50. The molecule has 0 atom stereocenters. The topological polar surface area (TPSA) is 47.4 Å². The molecular weight excluding hydrogens is 154 g/mol. The van der Waals surface area contributed by atoms with E-state index >= 15 is 0 Å². The summed E-state index contributed by atoms with van der Waals surface area (Å²) in [7, 11) is 1.61. The number of fused-ring (bicyclic) bond motifs is 1. The Labute approximate surface area is 70.3 Å². The number of nitrogens with zero attached hydrogens (tertiary/aromatic N) is 3. The minimum Gasteiger partial charge on any atom is -0.481 e. The van der Waals surface area contributed by atoms with E-state index in [0.717, 1.165) is 17.1 Å². The van der Waals surface area contributed by atoms with Crippen LogP contribution in [0, 0.1) is 6.92 Å². The third-order valence-electron chi connectivity index (χ3n) is 1.77. The maximum absolute atomic E-state index is 5.11. The van der Waals surface area contributed by atoms with Crippen molar-refractivity contribution >= 4 is 6.21 Å². The van der Waals surface area contributed by atoms with Gasteiger partial charge < -0.3 is 4.74 Å². The molecule has 4 heteroatoms. The summed E-state index contributed by atoms with van der Waals surface area (Å²) in [6.45, 7) is 2.48. The van der Waals surface area contributed by atoms with Crippen LogP contribution in [0.3, 0.4) is 0 Å². The Bertz CT molecular complexity index is 346. The molecule has 2 heterocycles. The van der Waals surface area contributed by atoms with Gasteiger partial charge in [0.25, 0.3) is 0 Å². The van der Waals surface area contributed by atoms with Crippen molar-refractivity contribution in [3.63, 3.8) is 0 Å². The zero-order chi connectivity index (χ0) is 8.55. The van der Waals surface area contributed by atoms with E-state index in [1.165, 1.54) is 0 Å². The van der Waals surface area contributed by atoms with Gasteiger partial charge in [0.2, 0.25) is 5.88 Å². The molecule has 0 spiro atoms. The highest BCUT2D eigenvalue weighted by atomic mass is 16.5. The van der Waals surface area contributed by atoms with Crippen LogP contribution in [0.5, 0.6) is 5.88 Å². The number of hydrogen-bond donors (Lipinski definition) is 0. The van der Waals surface area contributed by atoms with Crippen molar-refractivity contribution < 1.29 is 4.74 Å². The Kier molecular flexibility index (Phi) is 1.53. The molecule has 0 aliphatic carbocycles. The minimum absolute atomic E-state index is 0.638. The Balaban J connectivity index is 2.59. The van der Waals surface area contributed by atoms with Gasteiger partial charge in [-0.2, -0.15) is 4.98 Å². The van der Waals surface area contributed by atoms with Gasteiger partial charge in [0.1, 0.15) is 5.82 Å². The highest BCUT2D eigenvalue weighted by Gasteiger charge is 2.15. The number of rotatable bonds is 1. The number of methoxy groups -OCH3 is 1. The number of aliphatic imine (C=N–C) groups is 1. The quantitative estimate of drug-likeness (QED) is 0.613. The maximum Gasteiger partial charge on any atom is 0.222 e. The first-order chi connectivity index (χ1) is 5.81. The Morgan fingerprint density at radius 3 is 3.00 bits per heavy atom. The summed E-state index contributed by atoms with van der Waals surface area (Å²) in [4.78, 5) is 12.5. The summed E-state index contributed by atoms with van der Waals surface area (Å²) in [5.74, 6) is 1.37. The van der Waals surface area contributed by atoms with E-state index in [4.69, 9.17) is 4.74 Å². The monoisotopic (exact) mass is 163 g/mol. The fraction of sp³-hybridized carbons (Fsp3) is 0.375. The molecule has 0 bridgehead atoms. The van der Waals surface area contributed by atoms with E-state index in [9.17, 15) is 0 Å². The first-order valence-corrected chi connectivity index (χ1v) is 3.72. The second-order valence-electron chi connectivity index (χ2n) is 2.61. The smallest absolute Gasteiger partial charge is 0.222 e. The number of aryl methyl sites for hydroxylation is 1. The van der Waals surface area contributed by atoms with Gasteiger partial charge in [-0.3, -0.25) is 4.99 Å². The first kappa shape index (κ1) is 7.21. The van der Waals surface area contributed by atoms with Gasteiger partial charge in [-0.05, 0) is 6.92 Å². The molecule has 1 aromatic rings. The number of ether oxygens (including phenoxy) is 1. The van der Waals surface area contributed by atoms with Crippen LogP contribution in [0.25, 0.3) is 0 Å². The predicted octanol–water partition coefficient (Wildman–Crippen LogP) is 0.726. The van der Waals surface area contributed by atoms with Gasteiger partial charge in [-0.1, -0.05) is 0 Å². The zero-order valence-electron chi connectivity index (χ0n) is 7.03. The predicted molar refractivity (Wildman–Crippen MR) is 44.6 cm³/mol. The molecule has 0 saturated carbocycles. The summed E-state index contributed by atoms with van der Waals surface area (Å²) in [5, 5.41) is 0. The summed E-state index contributed by atoms with van der Waals surface area (Å²) in [6, 6.07) is 0. The molecule has 1 aliphatic heterocycles. The van der Waals surface area contributed by atoms with Crippen LogP contribution in [0.4, 0.5) is 0 Å². The van der Waals surface area contributed by atoms with E-state index in [1.807, 2.05) is 6.92 Å². The molecule has 0 fully saturated rings. The molecule has 0 saturated heterocycles. The van der Waals surface area contributed by atoms with Crippen LogP contribution in [-0.2, 0) is 6.54 Å². The van der Waals surface area contributed by atoms with E-state index in [-0.39, 0.29) is 0 Å². The van der Waals surface area contributed by atoms with Gasteiger partial charge in [-0.15, -0.1) is 0 Å². The van der Waals surface area contributed by atoms with Crippen molar-refractivity contribution in [1.82, 2.24) is 9.97 Å². The zero-order valence-corrected chi connectivity index (χ0v) is 7.03. The summed E-state index contributed by atoms with van der Waals surface area (Å²) in [5.41, 5.74) is 1.88. The Hall–Kier alpha value is -1.45. The lowest BCUT2D eigenvalue weighted by molar-refractivity contribution is 0.390. The lowest BCUT2D eigenvalue weighted by atomic mass is 10.2. The van der Waals surface area contributed by atoms with Crippen molar-refractivity contribution in [2.45, 2.75) is 13.5 Å². The van der Waals surface area contributed by atoms with Crippen molar-refractivity contribution in [3.05, 3.63) is 17.1 Å². The van der Waals surface area contributed by atoms with E-state index in [0.29, 0.717) is 12.4 Å². The van der Waals surface area contributed by atoms with Gasteiger partial charge in [-0.25, -0.2) is 4.98 Å². The highest BCUT2D eigenvalue weighted by molar-refractivity contribution is 5.82. The fourth-order valence-corrected chi connectivity index (χ4v) is 1.24. The molecule has 12 heavy (non-hydrogen) atoms. The van der Waals surface area contributed by atoms with Crippen LogP contribution in [0.15, 0.2) is 4.99 Å². The summed E-state index contributed by atoms with van der Waals surface area (Å²) < 4.78 is 5.11. The van der Waals surface area contributed by atoms with E-state index in [1.54, 1.807) is 13.3 Å². The summed E-state index contributed by atoms with van der Waals surface area (Å²) >= 11 is 0. The van der Waals surface area contributed by atoms with Gasteiger partial charge in [0.05, 0.1) is 24.9 Å². The Morgan fingerprint density at radius 2 is 2.25 bits per heavy atom. The molecule has 1 aliphatic rings. The fourth-order valence-electron chi connectivity index (χ4n) is 1.24. The molecule has 62 valence electrons. The third kappa shape index (κ3) is 0.958. The second kappa shape index (κ2) is 2.55. The summed E-state index contributed by atoms with van der Waals surface area (Å²) in [6.07, 6.45) is 1.76. The second-order valence-corrected chi connectivity index (χ2v) is 2.61. The van der Waals surface area contributed by atoms with Crippen molar-refractivity contribution in [3.8, 4) is 5.88 Å². The average molecular weight is 163 g/mol. The molecule has 0 unspecified atom stereocenters. The van der Waals surface area contributed by atoms with E-state index in [2.05, 4.69) is 15.0 Å². The molecular formula is C8H9N3O. The molecule has 2 rings (SSSR count). The van der Waals surface area contributed by atoms with Gasteiger partial charge in [0, 0.05) is 6.21 Å². The van der Waals surface area contributed by atoms with Crippen LogP contribution in [0.1, 0.15) is 17.1 Å². The molecule has 0 N–H and O–H groups in total. The van der Waals surface area contributed by atoms with Crippen molar-refractivity contribution in [2.24, 2.45) is 4.99 Å². The normalized spacial score (nSPS) is 13.2. The van der Waals surface area contributed by atoms with Gasteiger partial charge >= 0.3 is 0 Å². The molecule has 1 aromatic heterocycles. The minimum atomic E-state index is 0.638. The number of aromatic nitrogens is 2. The largest absolute Gasteiger partial charge is 0.481 e. The molecule has 0 aromatic carbocycles. The third-order valence-corrected chi connectivity index (χ3v) is 1.77. The van der Waals surface area contributed by atoms with Gasteiger partial charge in [0.15, 0.2) is 0 Å². The molecule has 0 amide bonds. The first-order valence-electron chi connectivity index (χ1n) is 3.72. The van der Waals surface area contributed by atoms with Crippen LogP contribution < -0.4 is 4.74 Å². The standard InChI is InChI=1S/C8H9N3O/c1-5-10-7-4-9-3-6(7)8(11-5)12-2/h4H,3H2,1-2H3. The lowest BCUT2D eigenvalue weighted by Crippen LogP contribution is -2.01. The van der Waals surface area contributed by atoms with Crippen LogP contribution in [-0.4, -0.2) is 23.3 Å². The maximum atomic E-state index is 5.11. The van der Waals surface area contributed by atoms with Crippen LogP contribution in [0.2, 0.25) is 0 Å². The van der Waals surface area contributed by atoms with E-state index < -0.39 is 0 Å². The van der Waals surface area contributed by atoms with Crippen LogP contribution >= 0.6 is 0 Å². The van der Waals surface area contributed by atoms with Crippen molar-refractivity contribution in [1.29, 1.82) is 0 Å². The SMILES string of the molecule is COc1nc(C)nc2c1CN=C2.